The summed E-state index contributed by atoms with van der Waals surface area (Å²) in [6.07, 6.45) is 0. The number of hydrogen-bond acceptors (Lipinski definition) is 1. The maximum absolute atomic E-state index is 6.49. The van der Waals surface area contributed by atoms with E-state index >= 15 is 0 Å². The van der Waals surface area contributed by atoms with Crippen LogP contribution < -0.4 is 5.32 Å². The molecule has 0 aliphatic rings. The standard InChI is InChI=1S/C17H18BrCl2N/c1-4-21-17(13-9-12(19)5-6-15(13)18)14-7-10(2)11(3)8-16(14)20/h5-9,17,21H,4H2,1-3H3. The van der Waals surface area contributed by atoms with Gasteiger partial charge in [0, 0.05) is 14.5 Å². The summed E-state index contributed by atoms with van der Waals surface area (Å²) >= 11 is 16.3. The molecule has 2 aromatic rings. The summed E-state index contributed by atoms with van der Waals surface area (Å²) in [4.78, 5) is 0. The highest BCUT2D eigenvalue weighted by Gasteiger charge is 2.19. The molecule has 0 aromatic heterocycles. The fourth-order valence-electron chi connectivity index (χ4n) is 2.35. The van der Waals surface area contributed by atoms with Crippen molar-refractivity contribution in [1.82, 2.24) is 5.32 Å². The summed E-state index contributed by atoms with van der Waals surface area (Å²) in [6, 6.07) is 10.0. The molecule has 2 aromatic carbocycles. The van der Waals surface area contributed by atoms with E-state index in [-0.39, 0.29) is 6.04 Å². The van der Waals surface area contributed by atoms with Gasteiger partial charge < -0.3 is 5.32 Å². The van der Waals surface area contributed by atoms with E-state index < -0.39 is 0 Å². The summed E-state index contributed by atoms with van der Waals surface area (Å²) in [5.41, 5.74) is 4.60. The van der Waals surface area contributed by atoms with Gasteiger partial charge in [-0.15, -0.1) is 0 Å². The average molecular weight is 387 g/mol. The Balaban J connectivity index is 2.58. The van der Waals surface area contributed by atoms with Crippen LogP contribution >= 0.6 is 39.1 Å². The zero-order valence-electron chi connectivity index (χ0n) is 12.3. The van der Waals surface area contributed by atoms with E-state index in [1.807, 2.05) is 24.3 Å². The number of benzene rings is 2. The van der Waals surface area contributed by atoms with Gasteiger partial charge in [-0.2, -0.15) is 0 Å². The molecule has 0 saturated carbocycles. The van der Waals surface area contributed by atoms with Crippen molar-refractivity contribution in [1.29, 1.82) is 0 Å². The number of rotatable bonds is 4. The Kier molecular flexibility index (Phi) is 5.73. The summed E-state index contributed by atoms with van der Waals surface area (Å²) in [7, 11) is 0. The van der Waals surface area contributed by atoms with Gasteiger partial charge in [-0.3, -0.25) is 0 Å². The molecule has 112 valence electrons. The van der Waals surface area contributed by atoms with Crippen molar-refractivity contribution in [3.05, 3.63) is 67.1 Å². The van der Waals surface area contributed by atoms with Crippen LogP contribution in [-0.4, -0.2) is 6.54 Å². The molecule has 1 N–H and O–H groups in total. The molecule has 1 nitrogen and oxygen atoms in total. The second kappa shape index (κ2) is 7.15. The Labute approximate surface area is 144 Å². The molecule has 0 aliphatic heterocycles. The molecule has 1 atom stereocenters. The molecule has 0 radical (unpaired) electrons. The molecule has 21 heavy (non-hydrogen) atoms. The third-order valence-electron chi connectivity index (χ3n) is 3.60. The van der Waals surface area contributed by atoms with E-state index in [1.165, 1.54) is 11.1 Å². The van der Waals surface area contributed by atoms with Gasteiger partial charge in [0.15, 0.2) is 0 Å². The fourth-order valence-corrected chi connectivity index (χ4v) is 3.34. The minimum absolute atomic E-state index is 0.00914. The number of aryl methyl sites for hydroxylation is 2. The van der Waals surface area contributed by atoms with Crippen molar-refractivity contribution in [2.75, 3.05) is 6.54 Å². The number of nitrogens with one attached hydrogen (secondary N) is 1. The Hall–Kier alpha value is -0.540. The van der Waals surface area contributed by atoms with Crippen LogP contribution in [0.15, 0.2) is 34.8 Å². The van der Waals surface area contributed by atoms with Gasteiger partial charge in [0.2, 0.25) is 0 Å². The lowest BCUT2D eigenvalue weighted by molar-refractivity contribution is 0.628. The third kappa shape index (κ3) is 3.81. The molecular formula is C17H18BrCl2N. The quantitative estimate of drug-likeness (QED) is 0.672. The zero-order valence-corrected chi connectivity index (χ0v) is 15.4. The Morgan fingerprint density at radius 3 is 2.38 bits per heavy atom. The third-order valence-corrected chi connectivity index (χ3v) is 4.89. The summed E-state index contributed by atoms with van der Waals surface area (Å²) < 4.78 is 1.02. The molecule has 2 rings (SSSR count). The van der Waals surface area contributed by atoms with E-state index in [0.29, 0.717) is 0 Å². The first-order valence-electron chi connectivity index (χ1n) is 6.89. The normalized spacial score (nSPS) is 12.5. The lowest BCUT2D eigenvalue weighted by Gasteiger charge is -2.23. The van der Waals surface area contributed by atoms with E-state index in [0.717, 1.165) is 32.2 Å². The van der Waals surface area contributed by atoms with E-state index in [9.17, 15) is 0 Å². The zero-order chi connectivity index (χ0) is 15.6. The van der Waals surface area contributed by atoms with Crippen molar-refractivity contribution in [2.24, 2.45) is 0 Å². The van der Waals surface area contributed by atoms with Crippen LogP contribution in [-0.2, 0) is 0 Å². The highest BCUT2D eigenvalue weighted by Crippen LogP contribution is 2.35. The van der Waals surface area contributed by atoms with Crippen molar-refractivity contribution >= 4 is 39.1 Å². The second-order valence-electron chi connectivity index (χ2n) is 5.11. The van der Waals surface area contributed by atoms with Crippen molar-refractivity contribution in [3.63, 3.8) is 0 Å². The van der Waals surface area contributed by atoms with Crippen LogP contribution in [0.4, 0.5) is 0 Å². The van der Waals surface area contributed by atoms with Crippen LogP contribution in [0.2, 0.25) is 10.0 Å². The van der Waals surface area contributed by atoms with Gasteiger partial charge in [-0.05, 0) is 66.9 Å². The second-order valence-corrected chi connectivity index (χ2v) is 6.81. The Bertz CT molecular complexity index is 655. The lowest BCUT2D eigenvalue weighted by atomic mass is 9.95. The molecule has 0 heterocycles. The Morgan fingerprint density at radius 1 is 1.05 bits per heavy atom. The maximum atomic E-state index is 6.49. The fraction of sp³-hybridized carbons (Fsp3) is 0.294. The molecule has 0 bridgehead atoms. The molecule has 0 spiro atoms. The molecule has 0 aliphatic carbocycles. The van der Waals surface area contributed by atoms with Crippen LogP contribution in [0.3, 0.4) is 0 Å². The average Bonchev–Trinajstić information content (AvgIpc) is 2.43. The molecule has 0 amide bonds. The van der Waals surface area contributed by atoms with Crippen molar-refractivity contribution in [3.8, 4) is 0 Å². The van der Waals surface area contributed by atoms with Gasteiger partial charge in [-0.25, -0.2) is 0 Å². The van der Waals surface area contributed by atoms with E-state index in [2.05, 4.69) is 48.1 Å². The smallest absolute Gasteiger partial charge is 0.0603 e. The monoisotopic (exact) mass is 385 g/mol. The first-order valence-corrected chi connectivity index (χ1v) is 8.44. The van der Waals surface area contributed by atoms with Crippen LogP contribution in [0.25, 0.3) is 0 Å². The van der Waals surface area contributed by atoms with E-state index in [4.69, 9.17) is 23.2 Å². The first kappa shape index (κ1) is 16.8. The van der Waals surface area contributed by atoms with Gasteiger partial charge in [0.25, 0.3) is 0 Å². The highest BCUT2D eigenvalue weighted by molar-refractivity contribution is 9.10. The number of halogens is 3. The summed E-state index contributed by atoms with van der Waals surface area (Å²) in [6.45, 7) is 7.10. The predicted molar refractivity (Wildman–Crippen MR) is 95.6 cm³/mol. The maximum Gasteiger partial charge on any atom is 0.0603 e. The summed E-state index contributed by atoms with van der Waals surface area (Å²) in [5.74, 6) is 0. The SMILES string of the molecule is CCNC(c1cc(C)c(C)cc1Cl)c1cc(Cl)ccc1Br. The van der Waals surface area contributed by atoms with Crippen molar-refractivity contribution < 1.29 is 0 Å². The van der Waals surface area contributed by atoms with Crippen LogP contribution in [0.1, 0.15) is 35.2 Å². The van der Waals surface area contributed by atoms with Gasteiger partial charge in [0.1, 0.15) is 0 Å². The van der Waals surface area contributed by atoms with E-state index in [1.54, 1.807) is 0 Å². The highest BCUT2D eigenvalue weighted by atomic mass is 79.9. The molecule has 0 fully saturated rings. The first-order chi connectivity index (χ1) is 9.93. The lowest BCUT2D eigenvalue weighted by Crippen LogP contribution is -2.23. The van der Waals surface area contributed by atoms with Gasteiger partial charge in [0.05, 0.1) is 6.04 Å². The molecular weight excluding hydrogens is 369 g/mol. The summed E-state index contributed by atoms with van der Waals surface area (Å²) in [5, 5.41) is 4.99. The van der Waals surface area contributed by atoms with Gasteiger partial charge >= 0.3 is 0 Å². The minimum Gasteiger partial charge on any atom is -0.306 e. The predicted octanol–water partition coefficient (Wildman–Crippen LogP) is 6.07. The van der Waals surface area contributed by atoms with Gasteiger partial charge in [-0.1, -0.05) is 52.1 Å². The topological polar surface area (TPSA) is 12.0 Å². The van der Waals surface area contributed by atoms with Crippen LogP contribution in [0.5, 0.6) is 0 Å². The largest absolute Gasteiger partial charge is 0.306 e. The Morgan fingerprint density at radius 2 is 1.71 bits per heavy atom. The minimum atomic E-state index is 0.00914. The van der Waals surface area contributed by atoms with Crippen LogP contribution in [0, 0.1) is 13.8 Å². The molecule has 4 heteroatoms. The molecule has 0 saturated heterocycles. The van der Waals surface area contributed by atoms with Crippen molar-refractivity contribution in [2.45, 2.75) is 26.8 Å². The molecule has 1 unspecified atom stereocenters. The number of hydrogen-bond donors (Lipinski definition) is 1.